The van der Waals surface area contributed by atoms with Crippen molar-refractivity contribution in [2.45, 2.75) is 13.5 Å². The van der Waals surface area contributed by atoms with Gasteiger partial charge in [0.05, 0.1) is 22.6 Å². The Labute approximate surface area is 117 Å². The van der Waals surface area contributed by atoms with Gasteiger partial charge in [-0.25, -0.2) is 0 Å². The predicted molar refractivity (Wildman–Crippen MR) is 78.4 cm³/mol. The number of aryl methyl sites for hydroxylation is 2. The number of pyridine rings is 1. The molecule has 0 aliphatic carbocycles. The summed E-state index contributed by atoms with van der Waals surface area (Å²) >= 11 is 0. The summed E-state index contributed by atoms with van der Waals surface area (Å²) < 4.78 is 7.72. The highest BCUT2D eigenvalue weighted by atomic mass is 16.5. The second-order valence-corrected chi connectivity index (χ2v) is 4.74. The average Bonchev–Trinajstić information content (AvgIpc) is 2.77. The van der Waals surface area contributed by atoms with Crippen LogP contribution in [0.25, 0.3) is 10.9 Å². The Balaban J connectivity index is 1.92. The number of nitrogen functional groups attached to an aromatic ring is 1. The molecule has 0 saturated carbocycles. The van der Waals surface area contributed by atoms with Crippen molar-refractivity contribution in [1.82, 2.24) is 14.8 Å². The molecule has 0 atom stereocenters. The topological polar surface area (TPSA) is 66.0 Å². The van der Waals surface area contributed by atoms with Gasteiger partial charge in [-0.2, -0.15) is 5.10 Å². The van der Waals surface area contributed by atoms with Gasteiger partial charge >= 0.3 is 0 Å². The van der Waals surface area contributed by atoms with E-state index in [9.17, 15) is 0 Å². The largest absolute Gasteiger partial charge is 0.487 e. The fourth-order valence-corrected chi connectivity index (χ4v) is 2.25. The van der Waals surface area contributed by atoms with Crippen LogP contribution >= 0.6 is 0 Å². The fourth-order valence-electron chi connectivity index (χ4n) is 2.25. The van der Waals surface area contributed by atoms with Crippen LogP contribution in [0.3, 0.4) is 0 Å². The molecule has 3 rings (SSSR count). The van der Waals surface area contributed by atoms with Gasteiger partial charge in [-0.3, -0.25) is 9.67 Å². The molecule has 0 bridgehead atoms. The molecule has 0 amide bonds. The van der Waals surface area contributed by atoms with Crippen molar-refractivity contribution in [3.63, 3.8) is 0 Å². The molecular weight excluding hydrogens is 252 g/mol. The lowest BCUT2D eigenvalue weighted by Crippen LogP contribution is -2.03. The summed E-state index contributed by atoms with van der Waals surface area (Å²) in [6.07, 6.45) is 1.73. The fraction of sp³-hybridized carbons (Fsp3) is 0.200. The SMILES string of the molecule is Cc1cc(COc2ccc(N)c3ncccc23)n(C)n1. The molecule has 1 aromatic carbocycles. The van der Waals surface area contributed by atoms with Crippen LogP contribution in [0.1, 0.15) is 11.4 Å². The van der Waals surface area contributed by atoms with Crippen LogP contribution in [0, 0.1) is 6.92 Å². The molecule has 0 aliphatic heterocycles. The third-order valence-corrected chi connectivity index (χ3v) is 3.24. The van der Waals surface area contributed by atoms with Crippen molar-refractivity contribution in [2.75, 3.05) is 5.73 Å². The number of anilines is 1. The van der Waals surface area contributed by atoms with Crippen molar-refractivity contribution < 1.29 is 4.74 Å². The van der Waals surface area contributed by atoms with E-state index in [1.807, 2.05) is 49.0 Å². The number of rotatable bonds is 3. The van der Waals surface area contributed by atoms with Crippen LogP contribution in [0.2, 0.25) is 0 Å². The normalized spacial score (nSPS) is 10.9. The quantitative estimate of drug-likeness (QED) is 0.741. The van der Waals surface area contributed by atoms with E-state index in [4.69, 9.17) is 10.5 Å². The lowest BCUT2D eigenvalue weighted by atomic mass is 10.2. The van der Waals surface area contributed by atoms with Crippen molar-refractivity contribution >= 4 is 16.6 Å². The third-order valence-electron chi connectivity index (χ3n) is 3.24. The Bertz CT molecular complexity index is 764. The maximum absolute atomic E-state index is 5.93. The zero-order chi connectivity index (χ0) is 14.1. The number of nitrogens with two attached hydrogens (primary N) is 1. The van der Waals surface area contributed by atoms with Gasteiger partial charge in [-0.05, 0) is 37.3 Å². The van der Waals surface area contributed by atoms with Gasteiger partial charge in [-0.15, -0.1) is 0 Å². The van der Waals surface area contributed by atoms with Crippen LogP contribution in [0.15, 0.2) is 36.5 Å². The monoisotopic (exact) mass is 268 g/mol. The molecule has 5 nitrogen and oxygen atoms in total. The van der Waals surface area contributed by atoms with E-state index < -0.39 is 0 Å². The molecule has 5 heteroatoms. The second-order valence-electron chi connectivity index (χ2n) is 4.74. The molecule has 0 radical (unpaired) electrons. The first kappa shape index (κ1) is 12.5. The first-order chi connectivity index (χ1) is 9.65. The number of benzene rings is 1. The number of aromatic nitrogens is 3. The Morgan fingerprint density at radius 3 is 2.90 bits per heavy atom. The van der Waals surface area contributed by atoms with E-state index in [1.165, 1.54) is 0 Å². The summed E-state index contributed by atoms with van der Waals surface area (Å²) in [4.78, 5) is 4.30. The molecule has 0 unspecified atom stereocenters. The molecular formula is C15H16N4O. The highest BCUT2D eigenvalue weighted by Gasteiger charge is 2.08. The summed E-state index contributed by atoms with van der Waals surface area (Å²) in [5, 5.41) is 5.23. The van der Waals surface area contributed by atoms with Gasteiger partial charge in [0.25, 0.3) is 0 Å². The molecule has 2 heterocycles. The van der Waals surface area contributed by atoms with Crippen LogP contribution in [-0.4, -0.2) is 14.8 Å². The zero-order valence-corrected chi connectivity index (χ0v) is 11.5. The van der Waals surface area contributed by atoms with E-state index in [-0.39, 0.29) is 0 Å². The summed E-state index contributed by atoms with van der Waals surface area (Å²) in [7, 11) is 1.91. The number of fused-ring (bicyclic) bond motifs is 1. The minimum atomic E-state index is 0.464. The van der Waals surface area contributed by atoms with Gasteiger partial charge in [0, 0.05) is 18.6 Å². The second kappa shape index (κ2) is 4.85. The number of nitrogens with zero attached hydrogens (tertiary/aromatic N) is 3. The number of hydrogen-bond acceptors (Lipinski definition) is 4. The molecule has 3 aromatic rings. The smallest absolute Gasteiger partial charge is 0.130 e. The maximum atomic E-state index is 5.93. The minimum absolute atomic E-state index is 0.464. The van der Waals surface area contributed by atoms with E-state index in [0.29, 0.717) is 12.3 Å². The number of hydrogen-bond donors (Lipinski definition) is 1. The molecule has 0 aliphatic rings. The van der Waals surface area contributed by atoms with Crippen LogP contribution in [0.4, 0.5) is 5.69 Å². The highest BCUT2D eigenvalue weighted by Crippen LogP contribution is 2.28. The van der Waals surface area contributed by atoms with Crippen molar-refractivity contribution in [1.29, 1.82) is 0 Å². The Morgan fingerprint density at radius 2 is 2.15 bits per heavy atom. The summed E-state index contributed by atoms with van der Waals surface area (Å²) in [6.45, 7) is 2.43. The molecule has 2 aromatic heterocycles. The summed E-state index contributed by atoms with van der Waals surface area (Å²) in [6, 6.07) is 9.55. The standard InChI is InChI=1S/C15H16N4O/c1-10-8-11(19(2)18-10)9-20-14-6-5-13(16)15-12(14)4-3-7-17-15/h3-8H,9,16H2,1-2H3. The van der Waals surface area contributed by atoms with E-state index in [1.54, 1.807) is 6.20 Å². The van der Waals surface area contributed by atoms with Crippen LogP contribution in [0.5, 0.6) is 5.75 Å². The molecule has 0 saturated heterocycles. The highest BCUT2D eigenvalue weighted by molar-refractivity contribution is 5.93. The van der Waals surface area contributed by atoms with Crippen molar-refractivity contribution in [2.24, 2.45) is 7.05 Å². The summed E-state index contributed by atoms with van der Waals surface area (Å²) in [5.41, 5.74) is 9.36. The summed E-state index contributed by atoms with van der Waals surface area (Å²) in [5.74, 6) is 0.779. The average molecular weight is 268 g/mol. The predicted octanol–water partition coefficient (Wildman–Crippen LogP) is 2.44. The van der Waals surface area contributed by atoms with Gasteiger partial charge in [0.15, 0.2) is 0 Å². The molecule has 2 N–H and O–H groups in total. The van der Waals surface area contributed by atoms with Crippen LogP contribution in [-0.2, 0) is 13.7 Å². The van der Waals surface area contributed by atoms with E-state index >= 15 is 0 Å². The van der Waals surface area contributed by atoms with Gasteiger partial charge in [0.2, 0.25) is 0 Å². The first-order valence-electron chi connectivity index (χ1n) is 6.40. The first-order valence-corrected chi connectivity index (χ1v) is 6.40. The maximum Gasteiger partial charge on any atom is 0.130 e. The van der Waals surface area contributed by atoms with Gasteiger partial charge in [0.1, 0.15) is 12.4 Å². The molecule has 20 heavy (non-hydrogen) atoms. The Kier molecular flexibility index (Phi) is 3.02. The number of ether oxygens (including phenoxy) is 1. The van der Waals surface area contributed by atoms with E-state index in [2.05, 4.69) is 10.1 Å². The lowest BCUT2D eigenvalue weighted by molar-refractivity contribution is 0.298. The van der Waals surface area contributed by atoms with Crippen molar-refractivity contribution in [3.05, 3.63) is 47.9 Å². The molecule has 102 valence electrons. The van der Waals surface area contributed by atoms with Gasteiger partial charge in [-0.1, -0.05) is 0 Å². The van der Waals surface area contributed by atoms with Crippen LogP contribution < -0.4 is 10.5 Å². The Morgan fingerprint density at radius 1 is 1.30 bits per heavy atom. The van der Waals surface area contributed by atoms with Gasteiger partial charge < -0.3 is 10.5 Å². The van der Waals surface area contributed by atoms with Crippen molar-refractivity contribution in [3.8, 4) is 5.75 Å². The Hall–Kier alpha value is -2.56. The molecule has 0 spiro atoms. The zero-order valence-electron chi connectivity index (χ0n) is 11.5. The lowest BCUT2D eigenvalue weighted by Gasteiger charge is -2.10. The third kappa shape index (κ3) is 2.18. The molecule has 0 fully saturated rings. The van der Waals surface area contributed by atoms with E-state index in [0.717, 1.165) is 28.0 Å². The minimum Gasteiger partial charge on any atom is -0.487 e.